The SMILES string of the molecule is CC1CC(CC=O)CCC[C@H](NC(=O)OC(C)(C)C)C(=O)O1.Oc1ccccc1. The molecule has 1 amide bonds. The van der Waals surface area contributed by atoms with Crippen molar-refractivity contribution in [2.75, 3.05) is 0 Å². The predicted octanol–water partition coefficient (Wildman–Crippen LogP) is 3.98. The highest BCUT2D eigenvalue weighted by molar-refractivity contribution is 5.81. The number of phenolic OH excluding ortho intramolecular Hbond substituents is 1. The zero-order valence-corrected chi connectivity index (χ0v) is 17.7. The summed E-state index contributed by atoms with van der Waals surface area (Å²) in [7, 11) is 0. The molecular formula is C22H33NO6. The Labute approximate surface area is 172 Å². The van der Waals surface area contributed by atoms with Gasteiger partial charge in [-0.1, -0.05) is 24.6 Å². The molecule has 1 heterocycles. The second-order valence-electron chi connectivity index (χ2n) is 8.22. The summed E-state index contributed by atoms with van der Waals surface area (Å²) in [6.45, 7) is 7.10. The normalized spacial score (nSPS) is 22.5. The van der Waals surface area contributed by atoms with Gasteiger partial charge in [0.25, 0.3) is 0 Å². The lowest BCUT2D eigenvalue weighted by Crippen LogP contribution is -2.44. The summed E-state index contributed by atoms with van der Waals surface area (Å²) in [6, 6.07) is 8.01. The van der Waals surface area contributed by atoms with Crippen molar-refractivity contribution in [3.8, 4) is 5.75 Å². The van der Waals surface area contributed by atoms with E-state index in [9.17, 15) is 14.4 Å². The maximum absolute atomic E-state index is 12.1. The number of carbonyl (C=O) groups excluding carboxylic acids is 3. The maximum Gasteiger partial charge on any atom is 0.408 e. The molecule has 1 saturated heterocycles. The van der Waals surface area contributed by atoms with Gasteiger partial charge in [-0.3, -0.25) is 0 Å². The van der Waals surface area contributed by atoms with Crippen LogP contribution in [0.25, 0.3) is 0 Å². The van der Waals surface area contributed by atoms with Crippen LogP contribution in [0.15, 0.2) is 30.3 Å². The first-order valence-electron chi connectivity index (χ1n) is 9.98. The van der Waals surface area contributed by atoms with Crippen molar-refractivity contribution >= 4 is 18.3 Å². The number of para-hydroxylation sites is 1. The molecule has 0 aliphatic carbocycles. The van der Waals surface area contributed by atoms with E-state index in [4.69, 9.17) is 14.6 Å². The molecule has 1 aliphatic rings. The predicted molar refractivity (Wildman–Crippen MR) is 109 cm³/mol. The van der Waals surface area contributed by atoms with Crippen LogP contribution in [0.3, 0.4) is 0 Å². The van der Waals surface area contributed by atoms with E-state index in [1.54, 1.807) is 45.0 Å². The van der Waals surface area contributed by atoms with Gasteiger partial charge in [0, 0.05) is 6.42 Å². The van der Waals surface area contributed by atoms with E-state index in [0.29, 0.717) is 25.0 Å². The maximum atomic E-state index is 12.1. The Morgan fingerprint density at radius 2 is 1.93 bits per heavy atom. The number of benzene rings is 1. The van der Waals surface area contributed by atoms with Gasteiger partial charge in [0.05, 0.1) is 6.10 Å². The molecule has 29 heavy (non-hydrogen) atoms. The Kier molecular flexibility index (Phi) is 10.2. The summed E-state index contributed by atoms with van der Waals surface area (Å²) >= 11 is 0. The van der Waals surface area contributed by atoms with Crippen molar-refractivity contribution in [1.82, 2.24) is 5.32 Å². The number of nitrogens with one attached hydrogen (secondary N) is 1. The molecule has 162 valence electrons. The van der Waals surface area contributed by atoms with E-state index in [2.05, 4.69) is 5.32 Å². The van der Waals surface area contributed by atoms with Crippen molar-refractivity contribution in [3.63, 3.8) is 0 Å². The van der Waals surface area contributed by atoms with Crippen LogP contribution in [0.2, 0.25) is 0 Å². The van der Waals surface area contributed by atoms with E-state index in [-0.39, 0.29) is 12.0 Å². The van der Waals surface area contributed by atoms with Gasteiger partial charge in [-0.05, 0) is 65.0 Å². The summed E-state index contributed by atoms with van der Waals surface area (Å²) in [4.78, 5) is 34.6. The molecular weight excluding hydrogens is 374 g/mol. The number of cyclic esters (lactones) is 1. The van der Waals surface area contributed by atoms with E-state index in [1.807, 2.05) is 13.0 Å². The van der Waals surface area contributed by atoms with E-state index < -0.39 is 23.7 Å². The smallest absolute Gasteiger partial charge is 0.408 e. The molecule has 3 atom stereocenters. The average Bonchev–Trinajstić information content (AvgIpc) is 2.65. The van der Waals surface area contributed by atoms with Crippen molar-refractivity contribution in [2.45, 2.75) is 77.5 Å². The van der Waals surface area contributed by atoms with Gasteiger partial charge >= 0.3 is 12.1 Å². The van der Waals surface area contributed by atoms with Crippen LogP contribution in [-0.2, 0) is 19.1 Å². The van der Waals surface area contributed by atoms with Gasteiger partial charge < -0.3 is 24.7 Å². The molecule has 0 aromatic heterocycles. The number of hydrogen-bond acceptors (Lipinski definition) is 6. The van der Waals surface area contributed by atoms with Gasteiger partial charge in [0.2, 0.25) is 0 Å². The summed E-state index contributed by atoms with van der Waals surface area (Å²) in [6.07, 6.45) is 3.25. The average molecular weight is 408 g/mol. The molecule has 0 radical (unpaired) electrons. The molecule has 7 heteroatoms. The first-order chi connectivity index (χ1) is 13.6. The molecule has 1 fully saturated rings. The molecule has 2 N–H and O–H groups in total. The number of aromatic hydroxyl groups is 1. The fourth-order valence-electron chi connectivity index (χ4n) is 3.00. The van der Waals surface area contributed by atoms with Crippen molar-refractivity contribution in [1.29, 1.82) is 0 Å². The highest BCUT2D eigenvalue weighted by Crippen LogP contribution is 2.23. The second kappa shape index (κ2) is 12.1. The molecule has 1 aromatic carbocycles. The van der Waals surface area contributed by atoms with Crippen molar-refractivity contribution < 1.29 is 29.0 Å². The van der Waals surface area contributed by atoms with Gasteiger partial charge in [-0.25, -0.2) is 9.59 Å². The standard InChI is InChI=1S/C16H27NO5.C6H6O/c1-11-10-12(8-9-18)6-5-7-13(14(19)21-11)17-15(20)22-16(2,3)4;7-6-4-2-1-3-5-6/h9,11-13H,5-8,10H2,1-4H3,(H,17,20);1-5,7H/t11?,12?,13-;/m0./s1. The lowest BCUT2D eigenvalue weighted by Gasteiger charge is -2.23. The largest absolute Gasteiger partial charge is 0.508 e. The first-order valence-corrected chi connectivity index (χ1v) is 9.98. The third-order valence-electron chi connectivity index (χ3n) is 4.25. The number of esters is 1. The highest BCUT2D eigenvalue weighted by Gasteiger charge is 2.29. The van der Waals surface area contributed by atoms with Gasteiger partial charge in [0.1, 0.15) is 23.7 Å². The number of hydrogen-bond donors (Lipinski definition) is 2. The Balaban J connectivity index is 0.000000502. The fourth-order valence-corrected chi connectivity index (χ4v) is 3.00. The number of aldehydes is 1. The molecule has 2 unspecified atom stereocenters. The molecule has 7 nitrogen and oxygen atoms in total. The topological polar surface area (TPSA) is 102 Å². The molecule has 2 rings (SSSR count). The number of alkyl carbamates (subject to hydrolysis) is 1. The highest BCUT2D eigenvalue weighted by atomic mass is 16.6. The lowest BCUT2D eigenvalue weighted by molar-refractivity contribution is -0.151. The number of carbonyl (C=O) groups is 3. The van der Waals surface area contributed by atoms with Crippen LogP contribution in [0.5, 0.6) is 5.75 Å². The second-order valence-corrected chi connectivity index (χ2v) is 8.22. The Morgan fingerprint density at radius 1 is 1.28 bits per heavy atom. The van der Waals surface area contributed by atoms with Crippen molar-refractivity contribution in [3.05, 3.63) is 30.3 Å². The number of rotatable bonds is 3. The summed E-state index contributed by atoms with van der Waals surface area (Å²) in [5.41, 5.74) is -0.616. The minimum absolute atomic E-state index is 0.223. The minimum Gasteiger partial charge on any atom is -0.508 e. The molecule has 0 bridgehead atoms. The number of phenols is 1. The van der Waals surface area contributed by atoms with Crippen LogP contribution in [0.1, 0.15) is 59.8 Å². The molecule has 0 saturated carbocycles. The van der Waals surface area contributed by atoms with Gasteiger partial charge in [0.15, 0.2) is 0 Å². The van der Waals surface area contributed by atoms with E-state index in [0.717, 1.165) is 19.1 Å². The zero-order valence-electron chi connectivity index (χ0n) is 17.7. The zero-order chi connectivity index (χ0) is 21.9. The monoisotopic (exact) mass is 407 g/mol. The van der Waals surface area contributed by atoms with Crippen molar-refractivity contribution in [2.24, 2.45) is 5.92 Å². The third-order valence-corrected chi connectivity index (χ3v) is 4.25. The van der Waals surface area contributed by atoms with E-state index >= 15 is 0 Å². The van der Waals surface area contributed by atoms with Crippen LogP contribution in [-0.4, -0.2) is 41.2 Å². The number of ether oxygens (including phenoxy) is 2. The Morgan fingerprint density at radius 3 is 2.45 bits per heavy atom. The van der Waals surface area contributed by atoms with Gasteiger partial charge in [-0.2, -0.15) is 0 Å². The van der Waals surface area contributed by atoms with Crippen LogP contribution in [0.4, 0.5) is 4.79 Å². The van der Waals surface area contributed by atoms with Gasteiger partial charge in [-0.15, -0.1) is 0 Å². The Bertz CT molecular complexity index is 640. The Hall–Kier alpha value is -2.57. The molecule has 1 aliphatic heterocycles. The quantitative estimate of drug-likeness (QED) is 0.580. The summed E-state index contributed by atoms with van der Waals surface area (Å²) < 4.78 is 10.5. The third kappa shape index (κ3) is 11.1. The van der Waals surface area contributed by atoms with Crippen LogP contribution in [0, 0.1) is 5.92 Å². The van der Waals surface area contributed by atoms with E-state index in [1.165, 1.54) is 0 Å². The van der Waals surface area contributed by atoms with Crippen LogP contribution < -0.4 is 5.32 Å². The van der Waals surface area contributed by atoms with Crippen LogP contribution >= 0.6 is 0 Å². The molecule has 0 spiro atoms. The number of amides is 1. The molecule has 1 aromatic rings. The fraction of sp³-hybridized carbons (Fsp3) is 0.591. The summed E-state index contributed by atoms with van der Waals surface area (Å²) in [5.74, 6) is 0.105. The minimum atomic E-state index is -0.702. The lowest BCUT2D eigenvalue weighted by atomic mass is 9.93. The first kappa shape index (κ1) is 24.5. The summed E-state index contributed by atoms with van der Waals surface area (Å²) in [5, 5.41) is 11.2.